The highest BCUT2D eigenvalue weighted by molar-refractivity contribution is 9.10. The Bertz CT molecular complexity index is 626. The Kier molecular flexibility index (Phi) is 4.79. The van der Waals surface area contributed by atoms with Crippen molar-refractivity contribution in [3.05, 3.63) is 58.1 Å². The average molecular weight is 333 g/mol. The molecule has 0 saturated carbocycles. The molecule has 1 amide bonds. The Morgan fingerprint density at radius 2 is 1.85 bits per heavy atom. The number of para-hydroxylation sites is 1. The lowest BCUT2D eigenvalue weighted by atomic mass is 10.1. The van der Waals surface area contributed by atoms with E-state index in [0.29, 0.717) is 0 Å². The third kappa shape index (κ3) is 3.84. The van der Waals surface area contributed by atoms with Crippen LogP contribution >= 0.6 is 15.9 Å². The molecule has 0 radical (unpaired) electrons. The molecular weight excluding hydrogens is 316 g/mol. The molecule has 2 N–H and O–H groups in total. The normalized spacial score (nSPS) is 10.2. The Morgan fingerprint density at radius 1 is 1.10 bits per heavy atom. The summed E-state index contributed by atoms with van der Waals surface area (Å²) in [5.74, 6) is -0.0657. The van der Waals surface area contributed by atoms with Gasteiger partial charge in [-0.2, -0.15) is 0 Å². The van der Waals surface area contributed by atoms with Gasteiger partial charge in [-0.15, -0.1) is 0 Å². The second-order valence-electron chi connectivity index (χ2n) is 4.68. The van der Waals surface area contributed by atoms with E-state index in [1.54, 1.807) is 0 Å². The number of anilines is 2. The third-order valence-electron chi connectivity index (χ3n) is 3.10. The van der Waals surface area contributed by atoms with E-state index in [2.05, 4.69) is 33.5 Å². The molecule has 0 bridgehead atoms. The molecule has 0 aliphatic carbocycles. The number of aryl methyl sites for hydroxylation is 2. The summed E-state index contributed by atoms with van der Waals surface area (Å²) < 4.78 is 0.944. The molecular formula is C16H17BrN2O. The zero-order chi connectivity index (χ0) is 14.5. The van der Waals surface area contributed by atoms with E-state index in [4.69, 9.17) is 0 Å². The third-order valence-corrected chi connectivity index (χ3v) is 3.80. The quantitative estimate of drug-likeness (QED) is 0.884. The molecule has 0 aliphatic heterocycles. The van der Waals surface area contributed by atoms with Crippen molar-refractivity contribution in [2.24, 2.45) is 0 Å². The van der Waals surface area contributed by atoms with Gasteiger partial charge in [0.1, 0.15) is 0 Å². The van der Waals surface area contributed by atoms with Crippen LogP contribution < -0.4 is 10.6 Å². The summed E-state index contributed by atoms with van der Waals surface area (Å²) in [6.07, 6.45) is 0. The predicted octanol–water partition coefficient (Wildman–Crippen LogP) is 4.12. The lowest BCUT2D eigenvalue weighted by Crippen LogP contribution is -2.21. The van der Waals surface area contributed by atoms with Gasteiger partial charge in [-0.25, -0.2) is 0 Å². The topological polar surface area (TPSA) is 41.1 Å². The first-order valence-electron chi connectivity index (χ1n) is 6.42. The molecule has 0 heterocycles. The highest BCUT2D eigenvalue weighted by Gasteiger charge is 2.04. The largest absolute Gasteiger partial charge is 0.375 e. The van der Waals surface area contributed by atoms with Crippen molar-refractivity contribution in [2.75, 3.05) is 17.2 Å². The van der Waals surface area contributed by atoms with Crippen molar-refractivity contribution in [1.29, 1.82) is 0 Å². The van der Waals surface area contributed by atoms with Crippen LogP contribution in [0.2, 0.25) is 0 Å². The highest BCUT2D eigenvalue weighted by Crippen LogP contribution is 2.21. The zero-order valence-electron chi connectivity index (χ0n) is 11.5. The number of rotatable bonds is 4. The fourth-order valence-corrected chi connectivity index (χ4v) is 2.23. The maximum absolute atomic E-state index is 11.9. The molecule has 0 aromatic heterocycles. The smallest absolute Gasteiger partial charge is 0.243 e. The summed E-state index contributed by atoms with van der Waals surface area (Å²) in [5, 5.41) is 5.98. The molecule has 0 unspecified atom stereocenters. The minimum absolute atomic E-state index is 0.0657. The van der Waals surface area contributed by atoms with Crippen molar-refractivity contribution in [1.82, 2.24) is 0 Å². The van der Waals surface area contributed by atoms with Crippen LogP contribution in [0.3, 0.4) is 0 Å². The van der Waals surface area contributed by atoms with Crippen LogP contribution in [-0.2, 0) is 4.79 Å². The predicted molar refractivity (Wildman–Crippen MR) is 87.2 cm³/mol. The summed E-state index contributed by atoms with van der Waals surface area (Å²) in [4.78, 5) is 11.9. The molecule has 0 aliphatic rings. The summed E-state index contributed by atoms with van der Waals surface area (Å²) >= 11 is 3.44. The molecule has 20 heavy (non-hydrogen) atoms. The van der Waals surface area contributed by atoms with Crippen LogP contribution in [0.1, 0.15) is 11.1 Å². The summed E-state index contributed by atoms with van der Waals surface area (Å²) in [6.45, 7) is 4.31. The van der Waals surface area contributed by atoms with Gasteiger partial charge in [0, 0.05) is 15.8 Å². The molecule has 2 rings (SSSR count). The fraction of sp³-hybridized carbons (Fsp3) is 0.188. The van der Waals surface area contributed by atoms with Gasteiger partial charge in [-0.05, 0) is 65.2 Å². The number of carbonyl (C=O) groups is 1. The van der Waals surface area contributed by atoms with Crippen molar-refractivity contribution in [3.8, 4) is 0 Å². The summed E-state index contributed by atoms with van der Waals surface area (Å²) in [7, 11) is 0. The van der Waals surface area contributed by atoms with Crippen molar-refractivity contribution in [2.45, 2.75) is 13.8 Å². The van der Waals surface area contributed by atoms with Gasteiger partial charge in [0.25, 0.3) is 0 Å². The zero-order valence-corrected chi connectivity index (χ0v) is 13.1. The van der Waals surface area contributed by atoms with Crippen molar-refractivity contribution >= 4 is 33.2 Å². The first-order chi connectivity index (χ1) is 9.56. The van der Waals surface area contributed by atoms with Gasteiger partial charge < -0.3 is 10.6 Å². The maximum atomic E-state index is 11.9. The molecule has 0 atom stereocenters. The van der Waals surface area contributed by atoms with Gasteiger partial charge in [-0.1, -0.05) is 18.2 Å². The highest BCUT2D eigenvalue weighted by atomic mass is 79.9. The van der Waals surface area contributed by atoms with E-state index in [0.717, 1.165) is 15.8 Å². The Hall–Kier alpha value is -1.81. The van der Waals surface area contributed by atoms with Gasteiger partial charge >= 0.3 is 0 Å². The van der Waals surface area contributed by atoms with Crippen molar-refractivity contribution in [3.63, 3.8) is 0 Å². The minimum atomic E-state index is -0.0657. The maximum Gasteiger partial charge on any atom is 0.243 e. The van der Waals surface area contributed by atoms with Gasteiger partial charge in [-0.3, -0.25) is 4.79 Å². The van der Waals surface area contributed by atoms with Gasteiger partial charge in [0.2, 0.25) is 5.91 Å². The van der Waals surface area contributed by atoms with Gasteiger partial charge in [0.05, 0.1) is 6.54 Å². The summed E-state index contributed by atoms with van der Waals surface area (Å²) in [6, 6.07) is 13.6. The molecule has 0 saturated heterocycles. The molecule has 0 fully saturated rings. The van der Waals surface area contributed by atoms with Crippen LogP contribution in [0.15, 0.2) is 46.9 Å². The van der Waals surface area contributed by atoms with Crippen LogP contribution in [0.5, 0.6) is 0 Å². The molecule has 0 spiro atoms. The SMILES string of the molecule is Cc1ccc(NC(=O)CNc2ccccc2Br)cc1C. The second kappa shape index (κ2) is 6.57. The van der Waals surface area contributed by atoms with Gasteiger partial charge in [0.15, 0.2) is 0 Å². The number of amides is 1. The summed E-state index contributed by atoms with van der Waals surface area (Å²) in [5.41, 5.74) is 4.12. The first-order valence-corrected chi connectivity index (χ1v) is 7.21. The monoisotopic (exact) mass is 332 g/mol. The van der Waals surface area contributed by atoms with Crippen LogP contribution in [-0.4, -0.2) is 12.5 Å². The number of hydrogen-bond acceptors (Lipinski definition) is 2. The second-order valence-corrected chi connectivity index (χ2v) is 5.53. The van der Waals surface area contributed by atoms with E-state index in [1.807, 2.05) is 49.4 Å². The molecule has 104 valence electrons. The van der Waals surface area contributed by atoms with E-state index in [-0.39, 0.29) is 12.5 Å². The van der Waals surface area contributed by atoms with Crippen LogP contribution in [0, 0.1) is 13.8 Å². The molecule has 3 nitrogen and oxygen atoms in total. The molecule has 4 heteroatoms. The Morgan fingerprint density at radius 3 is 2.55 bits per heavy atom. The number of halogens is 1. The Labute approximate surface area is 127 Å². The average Bonchev–Trinajstić information content (AvgIpc) is 2.42. The fourth-order valence-electron chi connectivity index (χ4n) is 1.80. The standard InChI is InChI=1S/C16H17BrN2O/c1-11-7-8-13(9-12(11)2)19-16(20)10-18-15-6-4-3-5-14(15)17/h3-9,18H,10H2,1-2H3,(H,19,20). The lowest BCUT2D eigenvalue weighted by Gasteiger charge is -2.10. The number of hydrogen-bond donors (Lipinski definition) is 2. The number of carbonyl (C=O) groups excluding carboxylic acids is 1. The van der Waals surface area contributed by atoms with E-state index in [9.17, 15) is 4.79 Å². The molecule has 2 aromatic rings. The van der Waals surface area contributed by atoms with E-state index >= 15 is 0 Å². The van der Waals surface area contributed by atoms with Crippen LogP contribution in [0.25, 0.3) is 0 Å². The minimum Gasteiger partial charge on any atom is -0.375 e. The first kappa shape index (κ1) is 14.6. The van der Waals surface area contributed by atoms with Crippen LogP contribution in [0.4, 0.5) is 11.4 Å². The lowest BCUT2D eigenvalue weighted by molar-refractivity contribution is -0.114. The van der Waals surface area contributed by atoms with E-state index in [1.165, 1.54) is 11.1 Å². The molecule has 2 aromatic carbocycles. The number of nitrogens with one attached hydrogen (secondary N) is 2. The number of benzene rings is 2. The van der Waals surface area contributed by atoms with Crippen molar-refractivity contribution < 1.29 is 4.79 Å². The Balaban J connectivity index is 1.93. The van der Waals surface area contributed by atoms with E-state index < -0.39 is 0 Å².